The third-order valence-electron chi connectivity index (χ3n) is 5.33. The molecule has 2 amide bonds. The Labute approximate surface area is 180 Å². The first-order valence-electron chi connectivity index (χ1n) is 10.2. The molecule has 0 atom stereocenters. The van der Waals surface area contributed by atoms with Crippen molar-refractivity contribution in [2.24, 2.45) is 5.92 Å². The molecule has 0 aliphatic carbocycles. The van der Waals surface area contributed by atoms with Crippen molar-refractivity contribution in [1.82, 2.24) is 30.4 Å². The zero-order valence-corrected chi connectivity index (χ0v) is 18.1. The van der Waals surface area contributed by atoms with Gasteiger partial charge in [0.25, 0.3) is 5.91 Å². The predicted octanol–water partition coefficient (Wildman–Crippen LogP) is 2.48. The Morgan fingerprint density at radius 3 is 2.67 bits per heavy atom. The van der Waals surface area contributed by atoms with Crippen LogP contribution in [-0.2, 0) is 4.79 Å². The number of ether oxygens (including phenoxy) is 1. The van der Waals surface area contributed by atoms with Crippen LogP contribution in [0.25, 0.3) is 5.69 Å². The van der Waals surface area contributed by atoms with Gasteiger partial charge in [0, 0.05) is 31.6 Å². The third kappa shape index (κ3) is 5.08. The Morgan fingerprint density at radius 2 is 2.03 bits per heavy atom. The van der Waals surface area contributed by atoms with Crippen LogP contribution in [0.15, 0.2) is 18.5 Å². The van der Waals surface area contributed by atoms with Crippen molar-refractivity contribution in [2.75, 3.05) is 26.7 Å². The van der Waals surface area contributed by atoms with Crippen LogP contribution in [0.2, 0.25) is 5.02 Å². The number of unbranched alkanes of at least 4 members (excludes halogenated alkanes) is 2. The molecule has 9 nitrogen and oxygen atoms in total. The van der Waals surface area contributed by atoms with Gasteiger partial charge in [-0.05, 0) is 35.8 Å². The van der Waals surface area contributed by atoms with E-state index in [-0.39, 0.29) is 17.7 Å². The number of likely N-dealkylation sites (tertiary alicyclic amines) is 1. The van der Waals surface area contributed by atoms with E-state index in [2.05, 4.69) is 27.8 Å². The summed E-state index contributed by atoms with van der Waals surface area (Å²) in [4.78, 5) is 27.2. The van der Waals surface area contributed by atoms with E-state index < -0.39 is 0 Å². The lowest BCUT2D eigenvalue weighted by Gasteiger charge is -2.31. The number of tetrazole rings is 1. The summed E-state index contributed by atoms with van der Waals surface area (Å²) >= 11 is 6.37. The average molecular weight is 435 g/mol. The highest BCUT2D eigenvalue weighted by Crippen LogP contribution is 2.31. The maximum Gasteiger partial charge on any atom is 0.257 e. The van der Waals surface area contributed by atoms with Crippen LogP contribution in [0.4, 0.5) is 0 Å². The molecule has 1 N–H and O–H groups in total. The SMILES string of the molecule is CCCCCNC(=O)C1CCN(C(=O)c2cc(Cl)c(-n3cnnn3)cc2OC)CC1. The van der Waals surface area contributed by atoms with Gasteiger partial charge in [-0.25, -0.2) is 0 Å². The first-order chi connectivity index (χ1) is 14.5. The molecule has 1 aliphatic rings. The molecule has 1 saturated heterocycles. The molecule has 0 unspecified atom stereocenters. The molecule has 162 valence electrons. The van der Waals surface area contributed by atoms with E-state index in [1.165, 1.54) is 18.1 Å². The number of carbonyl (C=O) groups excluding carboxylic acids is 2. The first kappa shape index (κ1) is 22.0. The van der Waals surface area contributed by atoms with Crippen LogP contribution < -0.4 is 10.1 Å². The first-order valence-corrected chi connectivity index (χ1v) is 10.6. The van der Waals surface area contributed by atoms with Crippen LogP contribution in [-0.4, -0.2) is 63.7 Å². The van der Waals surface area contributed by atoms with Crippen LogP contribution in [0.1, 0.15) is 49.4 Å². The second kappa shape index (κ2) is 10.4. The van der Waals surface area contributed by atoms with Gasteiger partial charge in [0.1, 0.15) is 12.1 Å². The second-order valence-electron chi connectivity index (χ2n) is 7.32. The molecule has 0 radical (unpaired) electrons. The van der Waals surface area contributed by atoms with Crippen molar-refractivity contribution in [3.8, 4) is 11.4 Å². The topological polar surface area (TPSA) is 102 Å². The summed E-state index contributed by atoms with van der Waals surface area (Å²) in [6.45, 7) is 3.88. The molecule has 30 heavy (non-hydrogen) atoms. The lowest BCUT2D eigenvalue weighted by atomic mass is 9.95. The number of hydrogen-bond donors (Lipinski definition) is 1. The highest BCUT2D eigenvalue weighted by atomic mass is 35.5. The number of hydrogen-bond acceptors (Lipinski definition) is 6. The van der Waals surface area contributed by atoms with E-state index in [1.807, 2.05) is 0 Å². The number of nitrogens with zero attached hydrogens (tertiary/aromatic N) is 5. The van der Waals surface area contributed by atoms with Crippen molar-refractivity contribution < 1.29 is 14.3 Å². The van der Waals surface area contributed by atoms with E-state index in [0.717, 1.165) is 25.8 Å². The summed E-state index contributed by atoms with van der Waals surface area (Å²) in [6.07, 6.45) is 5.94. The Morgan fingerprint density at radius 1 is 1.27 bits per heavy atom. The van der Waals surface area contributed by atoms with Gasteiger partial charge in [-0.2, -0.15) is 4.68 Å². The van der Waals surface area contributed by atoms with E-state index >= 15 is 0 Å². The number of methoxy groups -OCH3 is 1. The standard InChI is InChI=1S/C20H27ClN6O3/c1-3-4-5-8-22-19(28)14-6-9-26(10-7-14)20(29)15-11-16(21)17(12-18(15)30-2)27-13-23-24-25-27/h11-14H,3-10H2,1-2H3,(H,22,28). The molecule has 1 aliphatic heterocycles. The molecular formula is C20H27ClN6O3. The second-order valence-corrected chi connectivity index (χ2v) is 7.73. The molecule has 1 fully saturated rings. The van der Waals surface area contributed by atoms with Crippen LogP contribution in [0.3, 0.4) is 0 Å². The summed E-state index contributed by atoms with van der Waals surface area (Å²) in [5.41, 5.74) is 0.898. The van der Waals surface area contributed by atoms with Crippen LogP contribution in [0.5, 0.6) is 5.75 Å². The molecule has 0 saturated carbocycles. The zero-order chi connectivity index (χ0) is 21.5. The normalized spacial score (nSPS) is 14.6. The Bertz CT molecular complexity index is 866. The molecule has 10 heteroatoms. The molecule has 2 aromatic rings. The number of halogens is 1. The summed E-state index contributed by atoms with van der Waals surface area (Å²) in [6, 6.07) is 3.22. The van der Waals surface area contributed by atoms with E-state index in [9.17, 15) is 9.59 Å². The number of benzene rings is 1. The van der Waals surface area contributed by atoms with Crippen molar-refractivity contribution in [2.45, 2.75) is 39.0 Å². The fourth-order valence-corrected chi connectivity index (χ4v) is 3.82. The number of nitrogens with one attached hydrogen (secondary N) is 1. The minimum atomic E-state index is -0.168. The number of amides is 2. The maximum atomic E-state index is 13.1. The van der Waals surface area contributed by atoms with Gasteiger partial charge in [-0.3, -0.25) is 9.59 Å². The Kier molecular flexibility index (Phi) is 7.62. The Hall–Kier alpha value is -2.68. The van der Waals surface area contributed by atoms with Gasteiger partial charge in [0.05, 0.1) is 23.4 Å². The minimum absolute atomic E-state index is 0.0525. The highest BCUT2D eigenvalue weighted by Gasteiger charge is 2.29. The summed E-state index contributed by atoms with van der Waals surface area (Å²) in [5, 5.41) is 14.4. The number of carbonyl (C=O) groups is 2. The van der Waals surface area contributed by atoms with Gasteiger partial charge in [-0.15, -0.1) is 5.10 Å². The third-order valence-corrected chi connectivity index (χ3v) is 5.63. The lowest BCUT2D eigenvalue weighted by molar-refractivity contribution is -0.126. The summed E-state index contributed by atoms with van der Waals surface area (Å²) in [7, 11) is 1.50. The number of rotatable bonds is 8. The monoisotopic (exact) mass is 434 g/mol. The van der Waals surface area contributed by atoms with E-state index in [4.69, 9.17) is 16.3 Å². The van der Waals surface area contributed by atoms with Crippen molar-refractivity contribution >= 4 is 23.4 Å². The van der Waals surface area contributed by atoms with E-state index in [1.54, 1.807) is 17.0 Å². The van der Waals surface area contributed by atoms with Crippen LogP contribution >= 0.6 is 11.6 Å². The van der Waals surface area contributed by atoms with Gasteiger partial charge in [-0.1, -0.05) is 31.4 Å². The molecule has 0 spiro atoms. The molecule has 3 rings (SSSR count). The quantitative estimate of drug-likeness (QED) is 0.640. The average Bonchev–Trinajstić information content (AvgIpc) is 3.30. The predicted molar refractivity (Wildman–Crippen MR) is 112 cm³/mol. The minimum Gasteiger partial charge on any atom is -0.496 e. The number of piperidine rings is 1. The Balaban J connectivity index is 1.63. The van der Waals surface area contributed by atoms with Gasteiger partial charge < -0.3 is 15.0 Å². The highest BCUT2D eigenvalue weighted by molar-refractivity contribution is 6.33. The summed E-state index contributed by atoms with van der Waals surface area (Å²) < 4.78 is 6.83. The van der Waals surface area contributed by atoms with Crippen molar-refractivity contribution in [3.63, 3.8) is 0 Å². The van der Waals surface area contributed by atoms with Crippen LogP contribution in [0, 0.1) is 5.92 Å². The van der Waals surface area contributed by atoms with Gasteiger partial charge in [0.2, 0.25) is 5.91 Å². The molecule has 1 aromatic carbocycles. The number of aromatic nitrogens is 4. The van der Waals surface area contributed by atoms with Crippen molar-refractivity contribution in [1.29, 1.82) is 0 Å². The van der Waals surface area contributed by atoms with E-state index in [0.29, 0.717) is 48.0 Å². The van der Waals surface area contributed by atoms with Gasteiger partial charge in [0.15, 0.2) is 0 Å². The fraction of sp³-hybridized carbons (Fsp3) is 0.550. The maximum absolute atomic E-state index is 13.1. The van der Waals surface area contributed by atoms with Crippen molar-refractivity contribution in [3.05, 3.63) is 29.0 Å². The molecule has 1 aromatic heterocycles. The molecule has 2 heterocycles. The fourth-order valence-electron chi connectivity index (χ4n) is 3.57. The zero-order valence-electron chi connectivity index (χ0n) is 17.3. The van der Waals surface area contributed by atoms with Gasteiger partial charge >= 0.3 is 0 Å². The largest absolute Gasteiger partial charge is 0.496 e. The smallest absolute Gasteiger partial charge is 0.257 e. The lowest BCUT2D eigenvalue weighted by Crippen LogP contribution is -2.43. The summed E-state index contributed by atoms with van der Waals surface area (Å²) in [5.74, 6) is 0.262. The molecule has 0 bridgehead atoms. The molecular weight excluding hydrogens is 408 g/mol.